The van der Waals surface area contributed by atoms with Gasteiger partial charge in [0.2, 0.25) is 0 Å². The first kappa shape index (κ1) is 13.4. The highest BCUT2D eigenvalue weighted by molar-refractivity contribution is 4.83. The maximum atomic E-state index is 10.0. The van der Waals surface area contributed by atoms with E-state index < -0.39 is 5.60 Å². The number of rotatable bonds is 3. The molecular formula is C15H28O2. The van der Waals surface area contributed by atoms with Crippen LogP contribution in [0, 0.1) is 5.92 Å². The highest BCUT2D eigenvalue weighted by atomic mass is 16.5. The Morgan fingerprint density at radius 3 is 1.88 bits per heavy atom. The summed E-state index contributed by atoms with van der Waals surface area (Å²) in [5, 5.41) is 10.0. The van der Waals surface area contributed by atoms with Crippen molar-refractivity contribution in [1.82, 2.24) is 0 Å². The first-order valence-electron chi connectivity index (χ1n) is 7.43. The van der Waals surface area contributed by atoms with Gasteiger partial charge in [0, 0.05) is 0 Å². The van der Waals surface area contributed by atoms with Crippen molar-refractivity contribution in [2.45, 2.75) is 89.4 Å². The summed E-state index contributed by atoms with van der Waals surface area (Å²) in [7, 11) is 0. The SMILES string of the molecule is CC(C)(O)[C@H]1CC[C@@H](OC2CCCCC2)CC1. The van der Waals surface area contributed by atoms with Crippen molar-refractivity contribution in [1.29, 1.82) is 0 Å². The topological polar surface area (TPSA) is 29.5 Å². The Hall–Kier alpha value is -0.0800. The molecule has 0 bridgehead atoms. The highest BCUT2D eigenvalue weighted by Gasteiger charge is 2.32. The molecule has 0 aromatic heterocycles. The molecule has 2 fully saturated rings. The van der Waals surface area contributed by atoms with E-state index in [2.05, 4.69) is 0 Å². The van der Waals surface area contributed by atoms with Crippen molar-refractivity contribution in [2.24, 2.45) is 5.92 Å². The van der Waals surface area contributed by atoms with Crippen LogP contribution in [0.4, 0.5) is 0 Å². The summed E-state index contributed by atoms with van der Waals surface area (Å²) in [5.74, 6) is 0.466. The predicted octanol–water partition coefficient (Wildman–Crippen LogP) is 3.67. The predicted molar refractivity (Wildman–Crippen MR) is 70.0 cm³/mol. The molecule has 0 aliphatic heterocycles. The van der Waals surface area contributed by atoms with E-state index in [4.69, 9.17) is 4.74 Å². The molecule has 0 amide bonds. The summed E-state index contributed by atoms with van der Waals surface area (Å²) in [6.45, 7) is 3.89. The fraction of sp³-hybridized carbons (Fsp3) is 1.00. The molecule has 0 atom stereocenters. The second kappa shape index (κ2) is 5.71. The van der Waals surface area contributed by atoms with Crippen molar-refractivity contribution < 1.29 is 9.84 Å². The molecule has 0 heterocycles. The molecule has 100 valence electrons. The molecule has 17 heavy (non-hydrogen) atoms. The van der Waals surface area contributed by atoms with Gasteiger partial charge in [-0.2, -0.15) is 0 Å². The molecule has 0 unspecified atom stereocenters. The third-order valence-corrected chi connectivity index (χ3v) is 4.61. The quantitative estimate of drug-likeness (QED) is 0.815. The molecule has 2 nitrogen and oxygen atoms in total. The molecule has 2 saturated carbocycles. The molecule has 2 rings (SSSR count). The maximum Gasteiger partial charge on any atom is 0.0619 e. The van der Waals surface area contributed by atoms with E-state index in [0.29, 0.717) is 18.1 Å². The Morgan fingerprint density at radius 1 is 0.824 bits per heavy atom. The van der Waals surface area contributed by atoms with Gasteiger partial charge in [0.15, 0.2) is 0 Å². The minimum atomic E-state index is -0.504. The van der Waals surface area contributed by atoms with Crippen molar-refractivity contribution in [3.05, 3.63) is 0 Å². The summed E-state index contributed by atoms with van der Waals surface area (Å²) in [5.41, 5.74) is -0.504. The number of hydrogen-bond donors (Lipinski definition) is 1. The second-order valence-electron chi connectivity index (χ2n) is 6.52. The minimum Gasteiger partial charge on any atom is -0.390 e. The molecule has 0 saturated heterocycles. The highest BCUT2D eigenvalue weighted by Crippen LogP contribution is 2.35. The van der Waals surface area contributed by atoms with Crippen LogP contribution in [0.1, 0.15) is 71.6 Å². The smallest absolute Gasteiger partial charge is 0.0619 e. The monoisotopic (exact) mass is 240 g/mol. The molecule has 0 radical (unpaired) electrons. The lowest BCUT2D eigenvalue weighted by Crippen LogP contribution is -2.36. The van der Waals surface area contributed by atoms with Gasteiger partial charge in [0.05, 0.1) is 17.8 Å². The van der Waals surface area contributed by atoms with Gasteiger partial charge >= 0.3 is 0 Å². The molecule has 2 heteroatoms. The van der Waals surface area contributed by atoms with Crippen LogP contribution in [0.2, 0.25) is 0 Å². The van der Waals surface area contributed by atoms with Crippen molar-refractivity contribution >= 4 is 0 Å². The Bertz CT molecular complexity index is 218. The van der Waals surface area contributed by atoms with Crippen LogP contribution in [0.25, 0.3) is 0 Å². The van der Waals surface area contributed by atoms with Crippen LogP contribution in [0.15, 0.2) is 0 Å². The number of ether oxygens (including phenoxy) is 1. The lowest BCUT2D eigenvalue weighted by Gasteiger charge is -2.37. The summed E-state index contributed by atoms with van der Waals surface area (Å²) in [4.78, 5) is 0. The van der Waals surface area contributed by atoms with Gasteiger partial charge < -0.3 is 9.84 Å². The number of hydrogen-bond acceptors (Lipinski definition) is 2. The van der Waals surface area contributed by atoms with E-state index in [-0.39, 0.29) is 0 Å². The Labute approximate surface area is 106 Å². The van der Waals surface area contributed by atoms with E-state index >= 15 is 0 Å². The third-order valence-electron chi connectivity index (χ3n) is 4.61. The first-order valence-corrected chi connectivity index (χ1v) is 7.43. The summed E-state index contributed by atoms with van der Waals surface area (Å²) < 4.78 is 6.21. The second-order valence-corrected chi connectivity index (χ2v) is 6.52. The van der Waals surface area contributed by atoms with E-state index in [9.17, 15) is 5.11 Å². The molecule has 0 aromatic rings. The van der Waals surface area contributed by atoms with Crippen molar-refractivity contribution in [3.8, 4) is 0 Å². The fourth-order valence-electron chi connectivity index (χ4n) is 3.38. The minimum absolute atomic E-state index is 0.466. The largest absolute Gasteiger partial charge is 0.390 e. The zero-order valence-corrected chi connectivity index (χ0v) is 11.5. The van der Waals surface area contributed by atoms with Crippen LogP contribution in [0.5, 0.6) is 0 Å². The van der Waals surface area contributed by atoms with Crippen LogP contribution in [0.3, 0.4) is 0 Å². The fourth-order valence-corrected chi connectivity index (χ4v) is 3.38. The Morgan fingerprint density at radius 2 is 1.35 bits per heavy atom. The Kier molecular flexibility index (Phi) is 4.48. The van der Waals surface area contributed by atoms with Crippen LogP contribution in [-0.4, -0.2) is 22.9 Å². The van der Waals surface area contributed by atoms with Crippen LogP contribution < -0.4 is 0 Å². The van der Waals surface area contributed by atoms with Gasteiger partial charge in [0.25, 0.3) is 0 Å². The first-order chi connectivity index (χ1) is 8.05. The molecule has 2 aliphatic rings. The standard InChI is InChI=1S/C15H28O2/c1-15(2,16)12-8-10-14(11-9-12)17-13-6-4-3-5-7-13/h12-14,16H,3-11H2,1-2H3/t12-,14+. The van der Waals surface area contributed by atoms with Gasteiger partial charge in [-0.05, 0) is 58.3 Å². The van der Waals surface area contributed by atoms with Gasteiger partial charge in [-0.1, -0.05) is 19.3 Å². The molecule has 0 aromatic carbocycles. The van der Waals surface area contributed by atoms with Gasteiger partial charge in [-0.25, -0.2) is 0 Å². The van der Waals surface area contributed by atoms with E-state index in [1.54, 1.807) is 0 Å². The number of aliphatic hydroxyl groups is 1. The lowest BCUT2D eigenvalue weighted by atomic mass is 9.78. The van der Waals surface area contributed by atoms with Crippen molar-refractivity contribution in [2.75, 3.05) is 0 Å². The van der Waals surface area contributed by atoms with E-state index in [1.165, 1.54) is 32.1 Å². The molecule has 2 aliphatic carbocycles. The van der Waals surface area contributed by atoms with Gasteiger partial charge in [-0.3, -0.25) is 0 Å². The third kappa shape index (κ3) is 3.96. The summed E-state index contributed by atoms with van der Waals surface area (Å²) in [6.07, 6.45) is 12.2. The normalized spacial score (nSPS) is 32.6. The summed E-state index contributed by atoms with van der Waals surface area (Å²) in [6, 6.07) is 0. The molecule has 1 N–H and O–H groups in total. The summed E-state index contributed by atoms with van der Waals surface area (Å²) >= 11 is 0. The lowest BCUT2D eigenvalue weighted by molar-refractivity contribution is -0.0730. The molecule has 0 spiro atoms. The Balaban J connectivity index is 1.71. The average molecular weight is 240 g/mol. The zero-order chi connectivity index (χ0) is 12.3. The van der Waals surface area contributed by atoms with Crippen LogP contribution >= 0.6 is 0 Å². The van der Waals surface area contributed by atoms with E-state index in [0.717, 1.165) is 25.7 Å². The van der Waals surface area contributed by atoms with Crippen LogP contribution in [-0.2, 0) is 4.74 Å². The van der Waals surface area contributed by atoms with Gasteiger partial charge in [0.1, 0.15) is 0 Å². The van der Waals surface area contributed by atoms with Gasteiger partial charge in [-0.15, -0.1) is 0 Å². The maximum absolute atomic E-state index is 10.0. The van der Waals surface area contributed by atoms with E-state index in [1.807, 2.05) is 13.8 Å². The van der Waals surface area contributed by atoms with Crippen molar-refractivity contribution in [3.63, 3.8) is 0 Å². The zero-order valence-electron chi connectivity index (χ0n) is 11.5. The average Bonchev–Trinajstić information content (AvgIpc) is 2.30. The molecular weight excluding hydrogens is 212 g/mol.